The van der Waals surface area contributed by atoms with E-state index in [1.54, 1.807) is 29.2 Å². The second-order valence-corrected chi connectivity index (χ2v) is 7.32. The van der Waals surface area contributed by atoms with Gasteiger partial charge in [0.2, 0.25) is 11.8 Å². The average molecular weight is 357 g/mol. The van der Waals surface area contributed by atoms with Crippen LogP contribution in [0, 0.1) is 5.92 Å². The Balaban J connectivity index is 1.56. The zero-order valence-electron chi connectivity index (χ0n) is 15.2. The highest BCUT2D eigenvalue weighted by Crippen LogP contribution is 2.28. The summed E-state index contributed by atoms with van der Waals surface area (Å²) < 4.78 is 0. The molecule has 3 rings (SSSR count). The first-order chi connectivity index (χ1) is 12.5. The Bertz CT molecular complexity index is 665. The molecule has 140 valence electrons. The van der Waals surface area contributed by atoms with Gasteiger partial charge < -0.3 is 15.5 Å². The van der Waals surface area contributed by atoms with E-state index in [0.29, 0.717) is 43.1 Å². The Morgan fingerprint density at radius 2 is 1.42 bits per heavy atom. The summed E-state index contributed by atoms with van der Waals surface area (Å²) in [4.78, 5) is 40.1. The predicted octanol–water partition coefficient (Wildman–Crippen LogP) is 2.04. The molecule has 0 unspecified atom stereocenters. The number of hydrogen-bond acceptors (Lipinski definition) is 3. The van der Waals surface area contributed by atoms with Crippen molar-refractivity contribution in [2.24, 2.45) is 11.7 Å². The standard InChI is InChI=1S/C20H27N3O3/c21-19(25)16-6-8-17(9-7-16)20(26)23-11-3-10-22(12-13-23)18(24)14-15-4-1-2-5-15/h6-9,15H,1-5,10-14H2,(H2,21,25). The maximum atomic E-state index is 12.7. The first kappa shape index (κ1) is 18.4. The Morgan fingerprint density at radius 3 is 2.08 bits per heavy atom. The summed E-state index contributed by atoms with van der Waals surface area (Å²) in [6.45, 7) is 2.50. The van der Waals surface area contributed by atoms with Crippen LogP contribution in [0.4, 0.5) is 0 Å². The van der Waals surface area contributed by atoms with Crippen molar-refractivity contribution in [2.75, 3.05) is 26.2 Å². The minimum absolute atomic E-state index is 0.0638. The molecule has 3 amide bonds. The van der Waals surface area contributed by atoms with Gasteiger partial charge in [-0.15, -0.1) is 0 Å². The monoisotopic (exact) mass is 357 g/mol. The molecule has 6 nitrogen and oxygen atoms in total. The molecule has 26 heavy (non-hydrogen) atoms. The summed E-state index contributed by atoms with van der Waals surface area (Å²) in [5.41, 5.74) is 6.17. The van der Waals surface area contributed by atoms with Gasteiger partial charge in [-0.3, -0.25) is 14.4 Å². The van der Waals surface area contributed by atoms with Crippen LogP contribution in [0.1, 0.15) is 59.2 Å². The van der Waals surface area contributed by atoms with Gasteiger partial charge in [0.25, 0.3) is 5.91 Å². The molecule has 1 saturated carbocycles. The van der Waals surface area contributed by atoms with Gasteiger partial charge in [-0.2, -0.15) is 0 Å². The minimum atomic E-state index is -0.504. The molecule has 0 spiro atoms. The number of carbonyl (C=O) groups is 3. The lowest BCUT2D eigenvalue weighted by Crippen LogP contribution is -2.37. The van der Waals surface area contributed by atoms with E-state index in [1.165, 1.54) is 25.7 Å². The number of nitrogens with two attached hydrogens (primary N) is 1. The van der Waals surface area contributed by atoms with Gasteiger partial charge in [0.05, 0.1) is 0 Å². The fraction of sp³-hybridized carbons (Fsp3) is 0.550. The van der Waals surface area contributed by atoms with Gasteiger partial charge in [0.15, 0.2) is 0 Å². The lowest BCUT2D eigenvalue weighted by molar-refractivity contribution is -0.132. The molecule has 1 aliphatic heterocycles. The highest BCUT2D eigenvalue weighted by molar-refractivity contribution is 5.97. The van der Waals surface area contributed by atoms with Crippen molar-refractivity contribution in [3.63, 3.8) is 0 Å². The lowest BCUT2D eigenvalue weighted by Gasteiger charge is -2.23. The van der Waals surface area contributed by atoms with E-state index in [-0.39, 0.29) is 11.8 Å². The summed E-state index contributed by atoms with van der Waals surface area (Å²) in [7, 11) is 0. The van der Waals surface area contributed by atoms with Gasteiger partial charge in [0, 0.05) is 43.7 Å². The fourth-order valence-electron chi connectivity index (χ4n) is 3.92. The van der Waals surface area contributed by atoms with Crippen LogP contribution in [0.3, 0.4) is 0 Å². The van der Waals surface area contributed by atoms with Gasteiger partial charge in [-0.1, -0.05) is 12.8 Å². The molecule has 0 atom stereocenters. The molecular weight excluding hydrogens is 330 g/mol. The zero-order chi connectivity index (χ0) is 18.5. The SMILES string of the molecule is NC(=O)c1ccc(C(=O)N2CCCN(C(=O)CC3CCCC3)CC2)cc1. The number of rotatable bonds is 4. The predicted molar refractivity (Wildman–Crippen MR) is 98.6 cm³/mol. The van der Waals surface area contributed by atoms with Crippen LogP contribution in [0.15, 0.2) is 24.3 Å². The molecule has 2 aliphatic rings. The highest BCUT2D eigenvalue weighted by Gasteiger charge is 2.25. The Hall–Kier alpha value is -2.37. The number of benzene rings is 1. The number of carbonyl (C=O) groups excluding carboxylic acids is 3. The van der Waals surface area contributed by atoms with Crippen LogP contribution in [0.25, 0.3) is 0 Å². The maximum Gasteiger partial charge on any atom is 0.253 e. The van der Waals surface area contributed by atoms with E-state index in [0.717, 1.165) is 13.0 Å². The highest BCUT2D eigenvalue weighted by atomic mass is 16.2. The lowest BCUT2D eigenvalue weighted by atomic mass is 10.0. The average Bonchev–Trinajstić information content (AvgIpc) is 3.02. The topological polar surface area (TPSA) is 83.7 Å². The summed E-state index contributed by atoms with van der Waals surface area (Å²) in [6, 6.07) is 6.42. The van der Waals surface area contributed by atoms with Crippen LogP contribution >= 0.6 is 0 Å². The largest absolute Gasteiger partial charge is 0.366 e. The molecule has 2 fully saturated rings. The molecule has 1 aromatic rings. The van der Waals surface area contributed by atoms with E-state index in [2.05, 4.69) is 0 Å². The maximum absolute atomic E-state index is 12.7. The Morgan fingerprint density at radius 1 is 0.846 bits per heavy atom. The van der Waals surface area contributed by atoms with Crippen LogP contribution in [0.5, 0.6) is 0 Å². The van der Waals surface area contributed by atoms with Crippen molar-refractivity contribution < 1.29 is 14.4 Å². The van der Waals surface area contributed by atoms with Crippen LogP contribution in [-0.2, 0) is 4.79 Å². The summed E-state index contributed by atoms with van der Waals surface area (Å²) in [5.74, 6) is 0.213. The quantitative estimate of drug-likeness (QED) is 0.895. The van der Waals surface area contributed by atoms with Crippen LogP contribution in [0.2, 0.25) is 0 Å². The number of primary amides is 1. The van der Waals surface area contributed by atoms with Crippen molar-refractivity contribution >= 4 is 17.7 Å². The van der Waals surface area contributed by atoms with Crippen molar-refractivity contribution in [3.05, 3.63) is 35.4 Å². The van der Waals surface area contributed by atoms with Gasteiger partial charge in [-0.05, 0) is 49.4 Å². The third-order valence-corrected chi connectivity index (χ3v) is 5.49. The second-order valence-electron chi connectivity index (χ2n) is 7.32. The van der Waals surface area contributed by atoms with Gasteiger partial charge in [0.1, 0.15) is 0 Å². The summed E-state index contributed by atoms with van der Waals surface area (Å²) in [6.07, 6.45) is 6.28. The van der Waals surface area contributed by atoms with Crippen molar-refractivity contribution in [1.82, 2.24) is 9.80 Å². The van der Waals surface area contributed by atoms with E-state index in [9.17, 15) is 14.4 Å². The van der Waals surface area contributed by atoms with Crippen molar-refractivity contribution in [3.8, 4) is 0 Å². The molecule has 0 bridgehead atoms. The normalized spacial score (nSPS) is 18.6. The number of hydrogen-bond donors (Lipinski definition) is 1. The number of amides is 3. The Kier molecular flexibility index (Phi) is 5.91. The van der Waals surface area contributed by atoms with E-state index >= 15 is 0 Å². The molecule has 1 saturated heterocycles. The first-order valence-electron chi connectivity index (χ1n) is 9.51. The summed E-state index contributed by atoms with van der Waals surface area (Å²) >= 11 is 0. The second kappa shape index (κ2) is 8.34. The Labute approximate surface area is 154 Å². The van der Waals surface area contributed by atoms with Crippen LogP contribution in [-0.4, -0.2) is 53.7 Å². The molecule has 1 aliphatic carbocycles. The zero-order valence-corrected chi connectivity index (χ0v) is 15.2. The third-order valence-electron chi connectivity index (χ3n) is 5.49. The smallest absolute Gasteiger partial charge is 0.253 e. The van der Waals surface area contributed by atoms with Crippen molar-refractivity contribution in [1.29, 1.82) is 0 Å². The molecule has 0 aromatic heterocycles. The summed E-state index contributed by atoms with van der Waals surface area (Å²) in [5, 5.41) is 0. The number of nitrogens with zero attached hydrogens (tertiary/aromatic N) is 2. The third kappa shape index (κ3) is 4.42. The van der Waals surface area contributed by atoms with Crippen LogP contribution < -0.4 is 5.73 Å². The van der Waals surface area contributed by atoms with E-state index < -0.39 is 5.91 Å². The van der Waals surface area contributed by atoms with E-state index in [1.807, 2.05) is 4.90 Å². The molecule has 1 aromatic carbocycles. The van der Waals surface area contributed by atoms with Crippen molar-refractivity contribution in [2.45, 2.75) is 38.5 Å². The van der Waals surface area contributed by atoms with E-state index in [4.69, 9.17) is 5.73 Å². The fourth-order valence-corrected chi connectivity index (χ4v) is 3.92. The molecular formula is C20H27N3O3. The van der Waals surface area contributed by atoms with Gasteiger partial charge >= 0.3 is 0 Å². The molecule has 0 radical (unpaired) electrons. The first-order valence-corrected chi connectivity index (χ1v) is 9.51. The molecule has 6 heteroatoms. The van der Waals surface area contributed by atoms with Gasteiger partial charge in [-0.25, -0.2) is 0 Å². The molecule has 2 N–H and O–H groups in total. The molecule has 1 heterocycles. The minimum Gasteiger partial charge on any atom is -0.366 e.